The molecule has 1 fully saturated rings. The van der Waals surface area contributed by atoms with Crippen molar-refractivity contribution in [2.24, 2.45) is 0 Å². The average Bonchev–Trinajstić information content (AvgIpc) is 2.30. The van der Waals surface area contributed by atoms with Gasteiger partial charge < -0.3 is 19.5 Å². The third-order valence-corrected chi connectivity index (χ3v) is 2.11. The number of hydrogen-bond acceptors (Lipinski definition) is 6. The van der Waals surface area contributed by atoms with Crippen LogP contribution >= 0.6 is 0 Å². The van der Waals surface area contributed by atoms with Gasteiger partial charge in [0.1, 0.15) is 0 Å². The summed E-state index contributed by atoms with van der Waals surface area (Å²) < 4.78 is 9.60. The normalized spacial score (nSPS) is 15.9. The Morgan fingerprint density at radius 1 is 1.38 bits per heavy atom. The Balaban J connectivity index is 2.03. The van der Waals surface area contributed by atoms with E-state index in [2.05, 4.69) is 14.7 Å². The highest BCUT2D eigenvalue weighted by Crippen LogP contribution is 2.13. The number of carboxylic acid groups (broad SMARTS) is 1. The van der Waals surface area contributed by atoms with E-state index in [1.54, 1.807) is 0 Å². The predicted octanol–water partition coefficient (Wildman–Crippen LogP) is 0.370. The van der Waals surface area contributed by atoms with Crippen LogP contribution in [0.3, 0.4) is 0 Å². The Hall–Kier alpha value is -1.89. The number of nitrogens with zero attached hydrogens (tertiary/aromatic N) is 3. The van der Waals surface area contributed by atoms with E-state index in [0.29, 0.717) is 19.2 Å². The zero-order valence-corrected chi connectivity index (χ0v) is 8.50. The van der Waals surface area contributed by atoms with Crippen LogP contribution in [0, 0.1) is 0 Å². The molecule has 1 N–H and O–H groups in total. The second-order valence-electron chi connectivity index (χ2n) is 3.19. The predicted molar refractivity (Wildman–Crippen MR) is 53.7 cm³/mol. The number of aromatic nitrogens is 2. The maximum absolute atomic E-state index is 10.3. The van der Waals surface area contributed by atoms with Crippen LogP contribution in [0.2, 0.25) is 0 Å². The molecule has 1 aromatic rings. The van der Waals surface area contributed by atoms with E-state index in [-0.39, 0.29) is 5.75 Å². The first-order valence-electron chi connectivity index (χ1n) is 4.81. The number of ether oxygens (including phenoxy) is 2. The largest absolute Gasteiger partial charge is 0.511 e. The van der Waals surface area contributed by atoms with Crippen LogP contribution in [-0.4, -0.2) is 47.5 Å². The van der Waals surface area contributed by atoms with Crippen LogP contribution in [0.5, 0.6) is 5.75 Å². The molecular formula is C9H11N3O4. The molecule has 2 rings (SSSR count). The molecular weight excluding hydrogens is 214 g/mol. The Labute approximate surface area is 91.6 Å². The number of hydrogen-bond donors (Lipinski definition) is 1. The molecule has 1 aliphatic rings. The van der Waals surface area contributed by atoms with Crippen molar-refractivity contribution in [3.8, 4) is 5.75 Å². The van der Waals surface area contributed by atoms with Gasteiger partial charge in [-0.25, -0.2) is 14.8 Å². The highest BCUT2D eigenvalue weighted by molar-refractivity contribution is 5.60. The molecule has 86 valence electrons. The number of rotatable bonds is 2. The molecule has 0 atom stereocenters. The van der Waals surface area contributed by atoms with Gasteiger partial charge in [0.25, 0.3) is 0 Å². The maximum atomic E-state index is 10.3. The zero-order chi connectivity index (χ0) is 11.4. The zero-order valence-electron chi connectivity index (χ0n) is 8.50. The third kappa shape index (κ3) is 2.57. The van der Waals surface area contributed by atoms with Gasteiger partial charge in [-0.3, -0.25) is 0 Å². The molecule has 0 saturated carbocycles. The van der Waals surface area contributed by atoms with Crippen LogP contribution in [0.1, 0.15) is 0 Å². The number of carbonyl (C=O) groups is 1. The standard InChI is InChI=1S/C9H11N3O4/c13-9(14)16-7-5-10-8(11-6-7)12-1-3-15-4-2-12/h5-6H,1-4H2,(H,13,14). The Bertz CT molecular complexity index is 362. The molecule has 1 aliphatic heterocycles. The Kier molecular flexibility index (Phi) is 3.16. The molecule has 0 bridgehead atoms. The lowest BCUT2D eigenvalue weighted by molar-refractivity contribution is 0.122. The van der Waals surface area contributed by atoms with Gasteiger partial charge in [0.2, 0.25) is 5.95 Å². The summed E-state index contributed by atoms with van der Waals surface area (Å²) in [7, 11) is 0. The SMILES string of the molecule is O=C(O)Oc1cnc(N2CCOCC2)nc1. The van der Waals surface area contributed by atoms with Gasteiger partial charge in [-0.1, -0.05) is 0 Å². The Morgan fingerprint density at radius 2 is 2.00 bits per heavy atom. The second-order valence-corrected chi connectivity index (χ2v) is 3.19. The lowest BCUT2D eigenvalue weighted by Gasteiger charge is -2.26. The Morgan fingerprint density at radius 3 is 2.56 bits per heavy atom. The van der Waals surface area contributed by atoms with Crippen molar-refractivity contribution in [3.63, 3.8) is 0 Å². The van der Waals surface area contributed by atoms with Crippen molar-refractivity contribution in [3.05, 3.63) is 12.4 Å². The van der Waals surface area contributed by atoms with Gasteiger partial charge >= 0.3 is 6.16 Å². The van der Waals surface area contributed by atoms with Crippen LogP contribution < -0.4 is 9.64 Å². The summed E-state index contributed by atoms with van der Waals surface area (Å²) >= 11 is 0. The highest BCUT2D eigenvalue weighted by atomic mass is 16.7. The summed E-state index contributed by atoms with van der Waals surface area (Å²) in [5.74, 6) is 0.672. The second kappa shape index (κ2) is 4.75. The summed E-state index contributed by atoms with van der Waals surface area (Å²) in [6.45, 7) is 2.77. The van der Waals surface area contributed by atoms with Crippen molar-refractivity contribution in [2.75, 3.05) is 31.2 Å². The molecule has 2 heterocycles. The quantitative estimate of drug-likeness (QED) is 0.728. The fraction of sp³-hybridized carbons (Fsp3) is 0.444. The first-order chi connectivity index (χ1) is 7.75. The van der Waals surface area contributed by atoms with Crippen LogP contribution in [0.15, 0.2) is 12.4 Å². The monoisotopic (exact) mass is 225 g/mol. The van der Waals surface area contributed by atoms with E-state index >= 15 is 0 Å². The number of anilines is 1. The first kappa shape index (κ1) is 10.6. The summed E-state index contributed by atoms with van der Waals surface area (Å²) in [5, 5.41) is 8.38. The minimum Gasteiger partial charge on any atom is -0.449 e. The molecule has 7 nitrogen and oxygen atoms in total. The third-order valence-electron chi connectivity index (χ3n) is 2.11. The molecule has 0 aliphatic carbocycles. The van der Waals surface area contributed by atoms with E-state index in [4.69, 9.17) is 9.84 Å². The molecule has 7 heteroatoms. The van der Waals surface area contributed by atoms with Crippen molar-refractivity contribution < 1.29 is 19.4 Å². The lowest BCUT2D eigenvalue weighted by Crippen LogP contribution is -2.37. The molecule has 0 unspecified atom stereocenters. The van der Waals surface area contributed by atoms with Crippen molar-refractivity contribution in [2.45, 2.75) is 0 Å². The van der Waals surface area contributed by atoms with Crippen molar-refractivity contribution >= 4 is 12.1 Å². The van der Waals surface area contributed by atoms with Crippen molar-refractivity contribution in [1.29, 1.82) is 0 Å². The van der Waals surface area contributed by atoms with Gasteiger partial charge in [0.15, 0.2) is 5.75 Å². The minimum atomic E-state index is -1.37. The van der Waals surface area contributed by atoms with E-state index in [1.807, 2.05) is 4.90 Å². The van der Waals surface area contributed by atoms with Crippen LogP contribution in [0.4, 0.5) is 10.7 Å². The first-order valence-corrected chi connectivity index (χ1v) is 4.81. The molecule has 0 spiro atoms. The lowest BCUT2D eigenvalue weighted by atomic mass is 10.4. The van der Waals surface area contributed by atoms with Crippen LogP contribution in [0.25, 0.3) is 0 Å². The molecule has 16 heavy (non-hydrogen) atoms. The molecule has 0 radical (unpaired) electrons. The average molecular weight is 225 g/mol. The summed E-state index contributed by atoms with van der Waals surface area (Å²) in [5.41, 5.74) is 0. The van der Waals surface area contributed by atoms with E-state index in [0.717, 1.165) is 13.1 Å². The fourth-order valence-corrected chi connectivity index (χ4v) is 1.39. The van der Waals surface area contributed by atoms with Crippen LogP contribution in [-0.2, 0) is 4.74 Å². The fourth-order valence-electron chi connectivity index (χ4n) is 1.39. The van der Waals surface area contributed by atoms with E-state index in [1.165, 1.54) is 12.4 Å². The van der Waals surface area contributed by atoms with Gasteiger partial charge in [-0.15, -0.1) is 0 Å². The highest BCUT2D eigenvalue weighted by Gasteiger charge is 2.13. The molecule has 1 aromatic heterocycles. The van der Waals surface area contributed by atoms with Gasteiger partial charge in [0.05, 0.1) is 25.6 Å². The summed E-state index contributed by atoms with van der Waals surface area (Å²) in [6.07, 6.45) is 1.31. The van der Waals surface area contributed by atoms with E-state index < -0.39 is 6.16 Å². The molecule has 0 aromatic carbocycles. The van der Waals surface area contributed by atoms with Gasteiger partial charge in [0, 0.05) is 13.1 Å². The van der Waals surface area contributed by atoms with Gasteiger partial charge in [-0.05, 0) is 0 Å². The topological polar surface area (TPSA) is 84.8 Å². The minimum absolute atomic E-state index is 0.115. The van der Waals surface area contributed by atoms with Gasteiger partial charge in [-0.2, -0.15) is 0 Å². The maximum Gasteiger partial charge on any atom is 0.511 e. The number of morpholine rings is 1. The van der Waals surface area contributed by atoms with E-state index in [9.17, 15) is 4.79 Å². The van der Waals surface area contributed by atoms with Crippen molar-refractivity contribution in [1.82, 2.24) is 9.97 Å². The summed E-state index contributed by atoms with van der Waals surface area (Å²) in [6, 6.07) is 0. The molecule has 0 amide bonds. The molecule has 1 saturated heterocycles. The summed E-state index contributed by atoms with van der Waals surface area (Å²) in [4.78, 5) is 20.3. The smallest absolute Gasteiger partial charge is 0.449 e.